The van der Waals surface area contributed by atoms with E-state index in [0.29, 0.717) is 0 Å². The number of hydrazine groups is 1. The van der Waals surface area contributed by atoms with E-state index in [-0.39, 0.29) is 11.4 Å². The highest BCUT2D eigenvalue weighted by atomic mass is 16.2. The van der Waals surface area contributed by atoms with Crippen LogP contribution in [0, 0.1) is 0 Å². The second-order valence-corrected chi connectivity index (χ2v) is 2.57. The Bertz CT molecular complexity index is 150. The van der Waals surface area contributed by atoms with Gasteiger partial charge in [0.15, 0.2) is 0 Å². The third kappa shape index (κ3) is 0.516. The van der Waals surface area contributed by atoms with Gasteiger partial charge in [-0.2, -0.15) is 0 Å². The van der Waals surface area contributed by atoms with Gasteiger partial charge in [0.1, 0.15) is 5.54 Å². The highest BCUT2D eigenvalue weighted by Crippen LogP contribution is 2.18. The fourth-order valence-corrected chi connectivity index (χ4v) is 1.25. The molecule has 0 aromatic heterocycles. The first-order valence-corrected chi connectivity index (χ1v) is 3.12. The highest BCUT2D eigenvalue weighted by Gasteiger charge is 2.48. The lowest BCUT2D eigenvalue weighted by atomic mass is 9.90. The van der Waals surface area contributed by atoms with Crippen LogP contribution in [0.1, 0.15) is 6.42 Å². The standard InChI is InChI=1S/C5H9N3O/c9-4-5(3-6-4)1-2-7-8-5/h7-8H,1-3H2,(H,6,9). The van der Waals surface area contributed by atoms with E-state index in [1.807, 2.05) is 0 Å². The Kier molecular flexibility index (Phi) is 0.841. The van der Waals surface area contributed by atoms with E-state index in [0.717, 1.165) is 19.5 Å². The van der Waals surface area contributed by atoms with Crippen LogP contribution in [0.25, 0.3) is 0 Å². The van der Waals surface area contributed by atoms with Gasteiger partial charge in [0, 0.05) is 13.1 Å². The Morgan fingerprint density at radius 3 is 2.67 bits per heavy atom. The van der Waals surface area contributed by atoms with E-state index in [2.05, 4.69) is 16.2 Å². The van der Waals surface area contributed by atoms with E-state index in [1.165, 1.54) is 0 Å². The molecule has 3 N–H and O–H groups in total. The molecule has 1 spiro atoms. The number of rotatable bonds is 0. The van der Waals surface area contributed by atoms with E-state index >= 15 is 0 Å². The number of hydrogen-bond acceptors (Lipinski definition) is 3. The summed E-state index contributed by atoms with van der Waals surface area (Å²) in [6, 6.07) is 0. The molecule has 1 atom stereocenters. The zero-order valence-electron chi connectivity index (χ0n) is 5.03. The van der Waals surface area contributed by atoms with Crippen LogP contribution in [0.5, 0.6) is 0 Å². The number of β-lactam (4-membered cyclic amide) rings is 1. The molecule has 1 amide bonds. The Morgan fingerprint density at radius 2 is 2.44 bits per heavy atom. The predicted molar refractivity (Wildman–Crippen MR) is 31.5 cm³/mol. The van der Waals surface area contributed by atoms with E-state index in [9.17, 15) is 4.79 Å². The van der Waals surface area contributed by atoms with Gasteiger partial charge in [-0.05, 0) is 6.42 Å². The monoisotopic (exact) mass is 127 g/mol. The Hall–Kier alpha value is -0.610. The summed E-state index contributed by atoms with van der Waals surface area (Å²) >= 11 is 0. The highest BCUT2D eigenvalue weighted by molar-refractivity contribution is 5.92. The Morgan fingerprint density at radius 1 is 1.56 bits per heavy atom. The molecule has 0 aliphatic carbocycles. The van der Waals surface area contributed by atoms with Crippen molar-refractivity contribution in [2.24, 2.45) is 0 Å². The van der Waals surface area contributed by atoms with Crippen LogP contribution < -0.4 is 16.2 Å². The minimum absolute atomic E-state index is 0.132. The molecule has 0 aromatic carbocycles. The average molecular weight is 127 g/mol. The third-order valence-corrected chi connectivity index (χ3v) is 1.99. The Balaban J connectivity index is 2.14. The van der Waals surface area contributed by atoms with Crippen molar-refractivity contribution < 1.29 is 4.79 Å². The van der Waals surface area contributed by atoms with Crippen LogP contribution in [-0.4, -0.2) is 24.5 Å². The van der Waals surface area contributed by atoms with Gasteiger partial charge in [-0.3, -0.25) is 10.2 Å². The van der Waals surface area contributed by atoms with Crippen LogP contribution in [0.4, 0.5) is 0 Å². The van der Waals surface area contributed by atoms with Crippen molar-refractivity contribution in [1.29, 1.82) is 0 Å². The molecular weight excluding hydrogens is 118 g/mol. The molecule has 50 valence electrons. The van der Waals surface area contributed by atoms with E-state index in [4.69, 9.17) is 0 Å². The van der Waals surface area contributed by atoms with Crippen molar-refractivity contribution in [2.45, 2.75) is 12.0 Å². The van der Waals surface area contributed by atoms with Crippen molar-refractivity contribution in [2.75, 3.05) is 13.1 Å². The van der Waals surface area contributed by atoms with Crippen LogP contribution in [0.2, 0.25) is 0 Å². The molecular formula is C5H9N3O. The van der Waals surface area contributed by atoms with Gasteiger partial charge in [0.2, 0.25) is 5.91 Å². The Labute approximate surface area is 53.0 Å². The predicted octanol–water partition coefficient (Wildman–Crippen LogP) is -1.65. The zero-order chi connectivity index (χ0) is 6.32. The first-order valence-electron chi connectivity index (χ1n) is 3.12. The number of carbonyl (C=O) groups is 1. The lowest BCUT2D eigenvalue weighted by Gasteiger charge is -2.36. The van der Waals surface area contributed by atoms with E-state index in [1.54, 1.807) is 0 Å². The van der Waals surface area contributed by atoms with Gasteiger partial charge in [-0.15, -0.1) is 0 Å². The third-order valence-electron chi connectivity index (χ3n) is 1.99. The number of carbonyl (C=O) groups excluding carboxylic acids is 1. The topological polar surface area (TPSA) is 53.2 Å². The van der Waals surface area contributed by atoms with E-state index < -0.39 is 0 Å². The van der Waals surface area contributed by atoms with Crippen molar-refractivity contribution in [3.8, 4) is 0 Å². The molecule has 2 aliphatic rings. The van der Waals surface area contributed by atoms with Gasteiger partial charge < -0.3 is 5.32 Å². The molecule has 2 saturated heterocycles. The molecule has 0 saturated carbocycles. The fourth-order valence-electron chi connectivity index (χ4n) is 1.25. The largest absolute Gasteiger partial charge is 0.352 e. The first kappa shape index (κ1) is 5.20. The molecule has 9 heavy (non-hydrogen) atoms. The normalized spacial score (nSPS) is 40.7. The maximum Gasteiger partial charge on any atom is 0.243 e. The summed E-state index contributed by atoms with van der Waals surface area (Å²) in [6.07, 6.45) is 0.916. The van der Waals surface area contributed by atoms with Crippen molar-refractivity contribution in [1.82, 2.24) is 16.2 Å². The van der Waals surface area contributed by atoms with Crippen molar-refractivity contribution >= 4 is 5.91 Å². The molecule has 0 radical (unpaired) electrons. The number of amides is 1. The van der Waals surface area contributed by atoms with Gasteiger partial charge in [0.25, 0.3) is 0 Å². The molecule has 2 fully saturated rings. The zero-order valence-corrected chi connectivity index (χ0v) is 5.03. The second-order valence-electron chi connectivity index (χ2n) is 2.57. The summed E-state index contributed by atoms with van der Waals surface area (Å²) in [5.74, 6) is 0.132. The van der Waals surface area contributed by atoms with Gasteiger partial charge in [-0.1, -0.05) is 0 Å². The number of hydrogen-bond donors (Lipinski definition) is 3. The maximum absolute atomic E-state index is 10.8. The molecule has 0 bridgehead atoms. The van der Waals surface area contributed by atoms with Gasteiger partial charge in [-0.25, -0.2) is 5.43 Å². The van der Waals surface area contributed by atoms with Crippen molar-refractivity contribution in [3.05, 3.63) is 0 Å². The molecule has 4 heteroatoms. The quantitative estimate of drug-likeness (QED) is 0.342. The lowest BCUT2D eigenvalue weighted by Crippen LogP contribution is -2.70. The SMILES string of the molecule is O=C1NCC12CCNN2. The maximum atomic E-state index is 10.8. The van der Waals surface area contributed by atoms with Crippen LogP contribution in [0.15, 0.2) is 0 Å². The minimum Gasteiger partial charge on any atom is -0.352 e. The summed E-state index contributed by atoms with van der Waals surface area (Å²) in [6.45, 7) is 1.67. The summed E-state index contributed by atoms with van der Waals surface area (Å²) in [4.78, 5) is 10.8. The lowest BCUT2D eigenvalue weighted by molar-refractivity contribution is -0.134. The second kappa shape index (κ2) is 1.46. The summed E-state index contributed by atoms with van der Waals surface area (Å²) < 4.78 is 0. The minimum atomic E-state index is -0.236. The van der Waals surface area contributed by atoms with Gasteiger partial charge >= 0.3 is 0 Å². The van der Waals surface area contributed by atoms with Crippen LogP contribution in [0.3, 0.4) is 0 Å². The fraction of sp³-hybridized carbons (Fsp3) is 0.800. The molecule has 2 heterocycles. The molecule has 2 rings (SSSR count). The summed E-state index contributed by atoms with van der Waals surface area (Å²) in [5, 5.41) is 2.70. The van der Waals surface area contributed by atoms with Crippen LogP contribution in [-0.2, 0) is 4.79 Å². The molecule has 1 unspecified atom stereocenters. The van der Waals surface area contributed by atoms with Crippen LogP contribution >= 0.6 is 0 Å². The van der Waals surface area contributed by atoms with Gasteiger partial charge in [0.05, 0.1) is 0 Å². The molecule has 0 aromatic rings. The average Bonchev–Trinajstić information content (AvgIpc) is 2.34. The first-order chi connectivity index (χ1) is 4.33. The smallest absolute Gasteiger partial charge is 0.243 e. The van der Waals surface area contributed by atoms with Crippen molar-refractivity contribution in [3.63, 3.8) is 0 Å². The molecule has 4 nitrogen and oxygen atoms in total. The number of nitrogens with one attached hydrogen (secondary N) is 3. The summed E-state index contributed by atoms with van der Waals surface area (Å²) in [5.41, 5.74) is 5.66. The molecule has 2 aliphatic heterocycles. The summed E-state index contributed by atoms with van der Waals surface area (Å²) in [7, 11) is 0.